The molecule has 0 radical (unpaired) electrons. The van der Waals surface area contributed by atoms with Crippen molar-refractivity contribution >= 4 is 5.91 Å². The molecule has 2 saturated heterocycles. The minimum absolute atomic E-state index is 0.0672. The predicted molar refractivity (Wildman–Crippen MR) is 68.9 cm³/mol. The topological polar surface area (TPSA) is 40.5 Å². The summed E-state index contributed by atoms with van der Waals surface area (Å²) in [4.78, 5) is 14.3. The molecule has 0 spiro atoms. The minimum Gasteiger partial charge on any atom is -0.382 e. The van der Waals surface area contributed by atoms with E-state index in [-0.39, 0.29) is 11.9 Å². The summed E-state index contributed by atoms with van der Waals surface area (Å²) in [6.07, 6.45) is 1.88. The highest BCUT2D eigenvalue weighted by Gasteiger charge is 2.65. The highest BCUT2D eigenvalue weighted by atomic mass is 16.3. The maximum atomic E-state index is 12.5. The van der Waals surface area contributed by atoms with Crippen molar-refractivity contribution in [1.29, 1.82) is 0 Å². The van der Waals surface area contributed by atoms with Gasteiger partial charge in [-0.2, -0.15) is 0 Å². The average molecular weight is 245 g/mol. The van der Waals surface area contributed by atoms with Gasteiger partial charge in [-0.05, 0) is 32.3 Å². The summed E-state index contributed by atoms with van der Waals surface area (Å²) in [5.74, 6) is 0.0800. The average Bonchev–Trinajstić information content (AvgIpc) is 2.91. The van der Waals surface area contributed by atoms with Crippen molar-refractivity contribution in [3.63, 3.8) is 0 Å². The maximum absolute atomic E-state index is 12.5. The van der Waals surface area contributed by atoms with E-state index in [2.05, 4.69) is 0 Å². The fourth-order valence-electron chi connectivity index (χ4n) is 3.63. The van der Waals surface area contributed by atoms with Gasteiger partial charge in [0.1, 0.15) is 5.60 Å². The van der Waals surface area contributed by atoms with E-state index in [1.54, 1.807) is 0 Å². The van der Waals surface area contributed by atoms with Gasteiger partial charge in [0.05, 0.1) is 11.5 Å². The Bertz CT molecular complexity index is 483. The van der Waals surface area contributed by atoms with Crippen molar-refractivity contribution in [1.82, 2.24) is 4.90 Å². The maximum Gasteiger partial charge on any atom is 0.231 e. The summed E-state index contributed by atoms with van der Waals surface area (Å²) in [6.45, 7) is 4.50. The Kier molecular flexibility index (Phi) is 2.33. The molecule has 3 heteroatoms. The summed E-state index contributed by atoms with van der Waals surface area (Å²) in [5.41, 5.74) is -0.959. The van der Waals surface area contributed by atoms with Gasteiger partial charge in [-0.3, -0.25) is 4.79 Å². The van der Waals surface area contributed by atoms with Crippen LogP contribution in [0.2, 0.25) is 0 Å². The molecule has 96 valence electrons. The number of carbonyl (C=O) groups is 1. The molecule has 2 heterocycles. The van der Waals surface area contributed by atoms with Crippen LogP contribution in [0.3, 0.4) is 0 Å². The predicted octanol–water partition coefficient (Wildman–Crippen LogP) is 1.91. The highest BCUT2D eigenvalue weighted by molar-refractivity contribution is 5.87. The van der Waals surface area contributed by atoms with Crippen LogP contribution in [-0.4, -0.2) is 28.5 Å². The molecule has 1 N–H and O–H groups in total. The number of carbonyl (C=O) groups excluding carboxylic acids is 1. The Morgan fingerprint density at radius 2 is 1.94 bits per heavy atom. The van der Waals surface area contributed by atoms with E-state index in [9.17, 15) is 9.90 Å². The normalized spacial score (nSPS) is 33.8. The Morgan fingerprint density at radius 3 is 2.61 bits per heavy atom. The van der Waals surface area contributed by atoms with Gasteiger partial charge in [-0.25, -0.2) is 0 Å². The molecule has 0 aliphatic carbocycles. The van der Waals surface area contributed by atoms with Crippen LogP contribution < -0.4 is 0 Å². The van der Waals surface area contributed by atoms with Crippen molar-refractivity contribution in [3.8, 4) is 0 Å². The number of aliphatic hydroxyl groups is 1. The molecule has 0 aromatic heterocycles. The van der Waals surface area contributed by atoms with Crippen molar-refractivity contribution in [2.24, 2.45) is 5.41 Å². The summed E-state index contributed by atoms with van der Waals surface area (Å²) in [6, 6.07) is 9.57. The van der Waals surface area contributed by atoms with E-state index in [0.29, 0.717) is 0 Å². The smallest absolute Gasteiger partial charge is 0.231 e. The third kappa shape index (κ3) is 1.20. The lowest BCUT2D eigenvalue weighted by atomic mass is 9.69. The lowest BCUT2D eigenvalue weighted by Gasteiger charge is -2.37. The molecule has 3 nitrogen and oxygen atoms in total. The molecule has 2 unspecified atom stereocenters. The van der Waals surface area contributed by atoms with Gasteiger partial charge < -0.3 is 10.0 Å². The molecular formula is C15H19NO2. The molecule has 18 heavy (non-hydrogen) atoms. The van der Waals surface area contributed by atoms with Crippen molar-refractivity contribution in [3.05, 3.63) is 35.9 Å². The van der Waals surface area contributed by atoms with Crippen molar-refractivity contribution in [2.45, 2.75) is 38.3 Å². The molecule has 0 bridgehead atoms. The van der Waals surface area contributed by atoms with Crippen LogP contribution in [-0.2, 0) is 10.4 Å². The molecule has 1 amide bonds. The number of rotatable bonds is 1. The first-order valence-corrected chi connectivity index (χ1v) is 6.58. The Morgan fingerprint density at radius 1 is 1.28 bits per heavy atom. The molecule has 2 aliphatic heterocycles. The van der Waals surface area contributed by atoms with Crippen LogP contribution in [0, 0.1) is 5.41 Å². The van der Waals surface area contributed by atoms with Crippen LogP contribution in [0.25, 0.3) is 0 Å². The van der Waals surface area contributed by atoms with Gasteiger partial charge in [0.25, 0.3) is 0 Å². The SMILES string of the molecule is CC1(C)C(=O)N2CCCC2C1(O)c1ccccc1. The lowest BCUT2D eigenvalue weighted by Crippen LogP contribution is -2.46. The minimum atomic E-state index is -1.07. The van der Waals surface area contributed by atoms with E-state index in [1.807, 2.05) is 49.1 Å². The fourth-order valence-corrected chi connectivity index (χ4v) is 3.63. The zero-order valence-corrected chi connectivity index (χ0v) is 10.9. The zero-order chi connectivity index (χ0) is 13.0. The van der Waals surface area contributed by atoms with Gasteiger partial charge >= 0.3 is 0 Å². The van der Waals surface area contributed by atoms with Crippen LogP contribution >= 0.6 is 0 Å². The van der Waals surface area contributed by atoms with E-state index in [4.69, 9.17) is 0 Å². The summed E-state index contributed by atoms with van der Waals surface area (Å²) < 4.78 is 0. The Labute approximate surface area is 107 Å². The first-order chi connectivity index (χ1) is 8.49. The second-order valence-corrected chi connectivity index (χ2v) is 5.91. The molecular weight excluding hydrogens is 226 g/mol. The van der Waals surface area contributed by atoms with E-state index >= 15 is 0 Å². The van der Waals surface area contributed by atoms with Crippen LogP contribution in [0.15, 0.2) is 30.3 Å². The van der Waals surface area contributed by atoms with Gasteiger partial charge in [0, 0.05) is 6.54 Å². The molecule has 1 aromatic carbocycles. The van der Waals surface area contributed by atoms with E-state index < -0.39 is 11.0 Å². The Balaban J connectivity index is 2.17. The second-order valence-electron chi connectivity index (χ2n) is 5.91. The molecule has 2 atom stereocenters. The fraction of sp³-hybridized carbons (Fsp3) is 0.533. The summed E-state index contributed by atoms with van der Waals surface area (Å²) >= 11 is 0. The number of fused-ring (bicyclic) bond motifs is 1. The molecule has 3 rings (SSSR count). The van der Waals surface area contributed by atoms with Crippen LogP contribution in [0.4, 0.5) is 0 Å². The van der Waals surface area contributed by atoms with Gasteiger partial charge in [-0.15, -0.1) is 0 Å². The summed E-state index contributed by atoms with van der Waals surface area (Å²) in [7, 11) is 0. The number of benzene rings is 1. The zero-order valence-electron chi connectivity index (χ0n) is 10.9. The third-order valence-electron chi connectivity index (χ3n) is 4.70. The monoisotopic (exact) mass is 245 g/mol. The highest BCUT2D eigenvalue weighted by Crippen LogP contribution is 2.53. The number of nitrogens with zero attached hydrogens (tertiary/aromatic N) is 1. The number of hydrogen-bond acceptors (Lipinski definition) is 2. The van der Waals surface area contributed by atoms with Crippen molar-refractivity contribution in [2.75, 3.05) is 6.54 Å². The van der Waals surface area contributed by atoms with Gasteiger partial charge in [-0.1, -0.05) is 30.3 Å². The van der Waals surface area contributed by atoms with Gasteiger partial charge in [0.2, 0.25) is 5.91 Å². The summed E-state index contributed by atoms with van der Waals surface area (Å²) in [5, 5.41) is 11.3. The van der Waals surface area contributed by atoms with Gasteiger partial charge in [0.15, 0.2) is 0 Å². The van der Waals surface area contributed by atoms with E-state index in [0.717, 1.165) is 24.9 Å². The molecule has 0 saturated carbocycles. The first kappa shape index (κ1) is 11.7. The standard InChI is InChI=1S/C15H19NO2/c1-14(2)13(17)16-10-6-9-12(16)15(14,18)11-7-4-3-5-8-11/h3-5,7-8,12,18H,6,9-10H2,1-2H3. The first-order valence-electron chi connectivity index (χ1n) is 6.58. The molecule has 2 aliphatic rings. The van der Waals surface area contributed by atoms with Crippen LogP contribution in [0.5, 0.6) is 0 Å². The second kappa shape index (κ2) is 3.58. The van der Waals surface area contributed by atoms with Crippen LogP contribution in [0.1, 0.15) is 32.3 Å². The largest absolute Gasteiger partial charge is 0.382 e. The quantitative estimate of drug-likeness (QED) is 0.821. The van der Waals surface area contributed by atoms with E-state index in [1.165, 1.54) is 0 Å². The Hall–Kier alpha value is -1.35. The third-order valence-corrected chi connectivity index (χ3v) is 4.70. The number of amides is 1. The molecule has 2 fully saturated rings. The molecule has 1 aromatic rings. The number of hydrogen-bond donors (Lipinski definition) is 1. The van der Waals surface area contributed by atoms with Crippen molar-refractivity contribution < 1.29 is 9.90 Å². The lowest BCUT2D eigenvalue weighted by molar-refractivity contribution is -0.139.